The third-order valence-corrected chi connectivity index (χ3v) is 9.77. The van der Waals surface area contributed by atoms with E-state index in [2.05, 4.69) is 5.32 Å². The van der Waals surface area contributed by atoms with E-state index in [1.807, 2.05) is 6.92 Å². The van der Waals surface area contributed by atoms with E-state index < -0.39 is 28.5 Å². The minimum absolute atomic E-state index is 0.0158. The predicted molar refractivity (Wildman–Crippen MR) is 165 cm³/mol. The Kier molecular flexibility index (Phi) is 10.8. The van der Waals surface area contributed by atoms with Gasteiger partial charge < -0.3 is 15.0 Å². The normalized spacial score (nSPS) is 14.3. The Morgan fingerprint density at radius 2 is 1.67 bits per heavy atom. The van der Waals surface area contributed by atoms with E-state index in [-0.39, 0.29) is 34.8 Å². The Balaban J connectivity index is 1.75. The zero-order valence-corrected chi connectivity index (χ0v) is 26.0. The quantitative estimate of drug-likeness (QED) is 0.262. The summed E-state index contributed by atoms with van der Waals surface area (Å²) in [5.74, 6) is -0.569. The van der Waals surface area contributed by atoms with Crippen LogP contribution >= 0.6 is 23.2 Å². The Bertz CT molecular complexity index is 1500. The van der Waals surface area contributed by atoms with E-state index >= 15 is 0 Å². The summed E-state index contributed by atoms with van der Waals surface area (Å²) in [6, 6.07) is 18.6. The van der Waals surface area contributed by atoms with Crippen molar-refractivity contribution in [1.82, 2.24) is 10.2 Å². The summed E-state index contributed by atoms with van der Waals surface area (Å²) in [6.45, 7) is 1.23. The Morgan fingerprint density at radius 1 is 1.00 bits per heavy atom. The van der Waals surface area contributed by atoms with Gasteiger partial charge in [0, 0.05) is 22.6 Å². The van der Waals surface area contributed by atoms with Gasteiger partial charge in [0.05, 0.1) is 17.7 Å². The van der Waals surface area contributed by atoms with Crippen LogP contribution in [-0.2, 0) is 26.2 Å². The van der Waals surface area contributed by atoms with E-state index in [4.69, 9.17) is 27.9 Å². The second-order valence-electron chi connectivity index (χ2n) is 10.2. The summed E-state index contributed by atoms with van der Waals surface area (Å²) >= 11 is 12.6. The van der Waals surface area contributed by atoms with Crippen molar-refractivity contribution in [3.05, 3.63) is 88.4 Å². The Labute approximate surface area is 257 Å². The van der Waals surface area contributed by atoms with Gasteiger partial charge >= 0.3 is 0 Å². The number of amides is 2. The van der Waals surface area contributed by atoms with Crippen molar-refractivity contribution in [3.8, 4) is 5.75 Å². The fourth-order valence-corrected chi connectivity index (χ4v) is 7.10. The summed E-state index contributed by atoms with van der Waals surface area (Å²) in [5, 5.41) is 3.87. The highest BCUT2D eigenvalue weighted by Crippen LogP contribution is 2.33. The first kappa shape index (κ1) is 31.7. The third kappa shape index (κ3) is 7.38. The first-order valence-electron chi connectivity index (χ1n) is 13.9. The molecule has 0 bridgehead atoms. The lowest BCUT2D eigenvalue weighted by atomic mass is 10.1. The molecule has 0 heterocycles. The van der Waals surface area contributed by atoms with Gasteiger partial charge in [-0.25, -0.2) is 8.42 Å². The van der Waals surface area contributed by atoms with Crippen molar-refractivity contribution in [2.75, 3.05) is 18.0 Å². The number of anilines is 1. The molecule has 0 saturated heterocycles. The summed E-state index contributed by atoms with van der Waals surface area (Å²) in [6.07, 6.45) is 4.16. The fourth-order valence-electron chi connectivity index (χ4n) is 5.19. The largest absolute Gasteiger partial charge is 0.495 e. The number of para-hydroxylation sites is 2. The monoisotopic (exact) mass is 631 g/mol. The summed E-state index contributed by atoms with van der Waals surface area (Å²) in [4.78, 5) is 29.2. The molecular weight excluding hydrogens is 597 g/mol. The lowest BCUT2D eigenvalue weighted by Gasteiger charge is -2.34. The molecule has 1 saturated carbocycles. The molecule has 42 heavy (non-hydrogen) atoms. The minimum atomic E-state index is -4.21. The van der Waals surface area contributed by atoms with Crippen molar-refractivity contribution in [1.29, 1.82) is 0 Å². The number of nitrogens with zero attached hydrogens (tertiary/aromatic N) is 2. The second-order valence-corrected chi connectivity index (χ2v) is 12.9. The van der Waals surface area contributed by atoms with Crippen LogP contribution in [-0.4, -0.2) is 50.9 Å². The molecule has 3 aromatic rings. The minimum Gasteiger partial charge on any atom is -0.495 e. The number of halogens is 2. The molecule has 1 N–H and O–H groups in total. The molecule has 11 heteroatoms. The molecule has 1 unspecified atom stereocenters. The van der Waals surface area contributed by atoms with Gasteiger partial charge in [0.15, 0.2) is 0 Å². The highest BCUT2D eigenvalue weighted by Gasteiger charge is 2.35. The van der Waals surface area contributed by atoms with Gasteiger partial charge in [0.1, 0.15) is 18.3 Å². The Hall–Kier alpha value is -3.27. The van der Waals surface area contributed by atoms with Gasteiger partial charge in [-0.1, -0.05) is 79.4 Å². The van der Waals surface area contributed by atoms with Crippen LogP contribution in [0.25, 0.3) is 0 Å². The van der Waals surface area contributed by atoms with Crippen LogP contribution in [0.15, 0.2) is 77.7 Å². The lowest BCUT2D eigenvalue weighted by Crippen LogP contribution is -2.53. The highest BCUT2D eigenvalue weighted by atomic mass is 35.5. The first-order chi connectivity index (χ1) is 20.1. The molecule has 224 valence electrons. The number of methoxy groups -OCH3 is 1. The number of sulfonamides is 1. The summed E-state index contributed by atoms with van der Waals surface area (Å²) in [7, 11) is -2.78. The van der Waals surface area contributed by atoms with Crippen molar-refractivity contribution in [3.63, 3.8) is 0 Å². The standard InChI is InChI=1S/C31H35Cl2N3O5S/c1-3-27(31(38)34-24-11-7-8-12-24)35(20-22-17-18-23(32)19-26(22)33)30(37)21-36(28-15-9-10-16-29(28)41-2)42(39,40)25-13-5-4-6-14-25/h4-6,9-10,13-19,24,27H,3,7-8,11-12,20-21H2,1-2H3,(H,34,38). The number of benzene rings is 3. The zero-order chi connectivity index (χ0) is 30.3. The van der Waals surface area contributed by atoms with E-state index in [0.717, 1.165) is 30.0 Å². The van der Waals surface area contributed by atoms with Crippen LogP contribution in [0.3, 0.4) is 0 Å². The van der Waals surface area contributed by atoms with Gasteiger partial charge in [-0.05, 0) is 61.2 Å². The molecule has 1 aliphatic rings. The van der Waals surface area contributed by atoms with E-state index in [1.165, 1.54) is 24.1 Å². The molecule has 1 fully saturated rings. The highest BCUT2D eigenvalue weighted by molar-refractivity contribution is 7.92. The molecule has 0 aliphatic heterocycles. The van der Waals surface area contributed by atoms with Gasteiger partial charge in [0.25, 0.3) is 10.0 Å². The van der Waals surface area contributed by atoms with Gasteiger partial charge in [0.2, 0.25) is 11.8 Å². The van der Waals surface area contributed by atoms with Crippen LogP contribution in [0.2, 0.25) is 10.0 Å². The predicted octanol–water partition coefficient (Wildman–Crippen LogP) is 6.06. The molecule has 0 spiro atoms. The van der Waals surface area contributed by atoms with E-state index in [1.54, 1.807) is 60.7 Å². The molecule has 0 radical (unpaired) electrons. The summed E-state index contributed by atoms with van der Waals surface area (Å²) in [5.41, 5.74) is 0.779. The van der Waals surface area contributed by atoms with Crippen molar-refractivity contribution in [2.45, 2.75) is 62.6 Å². The first-order valence-corrected chi connectivity index (χ1v) is 16.1. The van der Waals surface area contributed by atoms with E-state index in [9.17, 15) is 18.0 Å². The maximum Gasteiger partial charge on any atom is 0.264 e. The van der Waals surface area contributed by atoms with Crippen LogP contribution in [0.4, 0.5) is 5.69 Å². The smallest absolute Gasteiger partial charge is 0.264 e. The number of hydrogen-bond donors (Lipinski definition) is 1. The molecule has 1 aliphatic carbocycles. The van der Waals surface area contributed by atoms with Gasteiger partial charge in [-0.3, -0.25) is 13.9 Å². The van der Waals surface area contributed by atoms with Crippen LogP contribution in [0.1, 0.15) is 44.6 Å². The van der Waals surface area contributed by atoms with Crippen molar-refractivity contribution in [2.24, 2.45) is 0 Å². The molecule has 8 nitrogen and oxygen atoms in total. The number of rotatable bonds is 12. The van der Waals surface area contributed by atoms with Crippen molar-refractivity contribution < 1.29 is 22.7 Å². The second kappa shape index (κ2) is 14.3. The maximum atomic E-state index is 14.3. The SMILES string of the molecule is CCC(C(=O)NC1CCCC1)N(Cc1ccc(Cl)cc1Cl)C(=O)CN(c1ccccc1OC)S(=O)(=O)c1ccccc1. The Morgan fingerprint density at radius 3 is 2.31 bits per heavy atom. The topological polar surface area (TPSA) is 96.0 Å². The average molecular weight is 633 g/mol. The maximum absolute atomic E-state index is 14.3. The number of hydrogen-bond acceptors (Lipinski definition) is 5. The molecular formula is C31H35Cl2N3O5S. The number of nitrogens with one attached hydrogen (secondary N) is 1. The fraction of sp³-hybridized carbons (Fsp3) is 0.355. The number of carbonyl (C=O) groups excluding carboxylic acids is 2. The lowest BCUT2D eigenvalue weighted by molar-refractivity contribution is -0.140. The van der Waals surface area contributed by atoms with Crippen LogP contribution < -0.4 is 14.4 Å². The third-order valence-electron chi connectivity index (χ3n) is 7.41. The number of carbonyl (C=O) groups is 2. The van der Waals surface area contributed by atoms with Gasteiger partial charge in [-0.2, -0.15) is 0 Å². The molecule has 2 amide bonds. The zero-order valence-electron chi connectivity index (χ0n) is 23.6. The molecule has 4 rings (SSSR count). The summed E-state index contributed by atoms with van der Waals surface area (Å²) < 4.78 is 34.5. The van der Waals surface area contributed by atoms with Crippen molar-refractivity contribution >= 4 is 50.7 Å². The van der Waals surface area contributed by atoms with E-state index in [0.29, 0.717) is 22.0 Å². The average Bonchev–Trinajstić information content (AvgIpc) is 3.50. The molecule has 3 aromatic carbocycles. The van der Waals surface area contributed by atoms with Crippen LogP contribution in [0, 0.1) is 0 Å². The molecule has 0 aromatic heterocycles. The van der Waals surface area contributed by atoms with Gasteiger partial charge in [-0.15, -0.1) is 0 Å². The molecule has 1 atom stereocenters. The number of ether oxygens (including phenoxy) is 1. The van der Waals surface area contributed by atoms with Crippen LogP contribution in [0.5, 0.6) is 5.75 Å².